The standard InChI is InChI=1S/C13H14NO6P/c1-9-8-19-21(18,20-9)13(10(2)15)7-11-5-3-4-6-12(11)14(16)17/h3-7,9H,8H2,1-2H3. The minimum Gasteiger partial charge on any atom is -0.302 e. The Kier molecular flexibility index (Phi) is 4.37. The van der Waals surface area contributed by atoms with Crippen LogP contribution in [0.3, 0.4) is 0 Å². The van der Waals surface area contributed by atoms with Crippen LogP contribution in [-0.2, 0) is 18.4 Å². The van der Waals surface area contributed by atoms with E-state index in [0.29, 0.717) is 0 Å². The van der Waals surface area contributed by atoms with Gasteiger partial charge in [-0.25, -0.2) is 0 Å². The summed E-state index contributed by atoms with van der Waals surface area (Å²) in [5, 5.41) is 10.8. The Morgan fingerprint density at radius 3 is 2.67 bits per heavy atom. The third-order valence-electron chi connectivity index (χ3n) is 2.88. The van der Waals surface area contributed by atoms with Gasteiger partial charge in [0.15, 0.2) is 5.78 Å². The van der Waals surface area contributed by atoms with E-state index in [-0.39, 0.29) is 23.2 Å². The van der Waals surface area contributed by atoms with Gasteiger partial charge in [-0.15, -0.1) is 0 Å². The van der Waals surface area contributed by atoms with Crippen LogP contribution in [0.5, 0.6) is 0 Å². The number of nitro groups is 1. The van der Waals surface area contributed by atoms with Crippen molar-refractivity contribution in [3.05, 3.63) is 45.3 Å². The van der Waals surface area contributed by atoms with Crippen LogP contribution >= 0.6 is 7.60 Å². The lowest BCUT2D eigenvalue weighted by Crippen LogP contribution is -2.02. The van der Waals surface area contributed by atoms with Crippen molar-refractivity contribution in [2.75, 3.05) is 6.61 Å². The zero-order valence-corrected chi connectivity index (χ0v) is 12.4. The molecule has 0 spiro atoms. The number of nitro benzene ring substituents is 1. The largest absolute Gasteiger partial charge is 0.365 e. The number of benzene rings is 1. The Bertz CT molecular complexity index is 668. The first kappa shape index (κ1) is 15.6. The zero-order valence-electron chi connectivity index (χ0n) is 11.5. The van der Waals surface area contributed by atoms with Gasteiger partial charge in [0.1, 0.15) is 5.31 Å². The average molecular weight is 311 g/mol. The number of hydrogen-bond acceptors (Lipinski definition) is 6. The molecule has 1 aliphatic heterocycles. The highest BCUT2D eigenvalue weighted by molar-refractivity contribution is 7.60. The number of carbonyl (C=O) groups excluding carboxylic acids is 1. The van der Waals surface area contributed by atoms with Crippen LogP contribution in [0, 0.1) is 10.1 Å². The molecule has 1 aliphatic rings. The Hall–Kier alpha value is -1.82. The van der Waals surface area contributed by atoms with Crippen LogP contribution in [0.15, 0.2) is 29.6 Å². The molecule has 7 nitrogen and oxygen atoms in total. The quantitative estimate of drug-likeness (QED) is 0.367. The van der Waals surface area contributed by atoms with Gasteiger partial charge in [0, 0.05) is 6.07 Å². The molecule has 1 heterocycles. The fraction of sp³-hybridized carbons (Fsp3) is 0.308. The first-order valence-electron chi connectivity index (χ1n) is 6.23. The Morgan fingerprint density at radius 1 is 1.48 bits per heavy atom. The molecular formula is C13H14NO6P. The summed E-state index contributed by atoms with van der Waals surface area (Å²) >= 11 is 0. The van der Waals surface area contributed by atoms with Crippen molar-refractivity contribution in [2.45, 2.75) is 20.0 Å². The van der Waals surface area contributed by atoms with Crippen molar-refractivity contribution in [1.29, 1.82) is 0 Å². The molecular weight excluding hydrogens is 297 g/mol. The van der Waals surface area contributed by atoms with E-state index in [1.807, 2.05) is 0 Å². The minimum atomic E-state index is -3.72. The monoisotopic (exact) mass is 311 g/mol. The summed E-state index contributed by atoms with van der Waals surface area (Å²) in [5.74, 6) is -0.509. The molecule has 0 bridgehead atoms. The maximum absolute atomic E-state index is 12.5. The number of Topliss-reactive ketones (excluding diaryl/α,β-unsaturated/α-hetero) is 1. The van der Waals surface area contributed by atoms with Gasteiger partial charge in [0.25, 0.3) is 5.69 Å². The molecule has 1 aromatic rings. The lowest BCUT2D eigenvalue weighted by molar-refractivity contribution is -0.385. The molecule has 1 aromatic carbocycles. The molecule has 1 saturated heterocycles. The number of rotatable bonds is 4. The van der Waals surface area contributed by atoms with Gasteiger partial charge in [-0.05, 0) is 26.0 Å². The van der Waals surface area contributed by atoms with Crippen LogP contribution in [0.4, 0.5) is 5.69 Å². The van der Waals surface area contributed by atoms with Crippen LogP contribution in [0.1, 0.15) is 19.4 Å². The van der Waals surface area contributed by atoms with Gasteiger partial charge in [0.05, 0.1) is 23.2 Å². The fourth-order valence-electron chi connectivity index (χ4n) is 1.92. The van der Waals surface area contributed by atoms with Crippen molar-refractivity contribution in [1.82, 2.24) is 0 Å². The summed E-state index contributed by atoms with van der Waals surface area (Å²) in [5.41, 5.74) is -0.00947. The maximum atomic E-state index is 12.5. The molecule has 0 amide bonds. The van der Waals surface area contributed by atoms with Crippen molar-refractivity contribution in [3.8, 4) is 0 Å². The number of allylic oxidation sites excluding steroid dienone is 1. The second kappa shape index (κ2) is 5.89. The molecule has 0 N–H and O–H groups in total. The summed E-state index contributed by atoms with van der Waals surface area (Å²) in [6.07, 6.45) is 0.809. The molecule has 2 unspecified atom stereocenters. The van der Waals surface area contributed by atoms with E-state index in [2.05, 4.69) is 0 Å². The van der Waals surface area contributed by atoms with Crippen molar-refractivity contribution < 1.29 is 23.3 Å². The van der Waals surface area contributed by atoms with Crippen LogP contribution in [0.25, 0.3) is 6.08 Å². The molecule has 112 valence electrons. The molecule has 0 aromatic heterocycles. The average Bonchev–Trinajstić information content (AvgIpc) is 2.76. The summed E-state index contributed by atoms with van der Waals surface area (Å²) in [6, 6.07) is 5.87. The second-order valence-electron chi connectivity index (χ2n) is 4.61. The summed E-state index contributed by atoms with van der Waals surface area (Å²) < 4.78 is 22.9. The van der Waals surface area contributed by atoms with Crippen LogP contribution < -0.4 is 0 Å². The van der Waals surface area contributed by atoms with Crippen molar-refractivity contribution in [3.63, 3.8) is 0 Å². The highest BCUT2D eigenvalue weighted by Crippen LogP contribution is 2.61. The van der Waals surface area contributed by atoms with E-state index in [1.54, 1.807) is 13.0 Å². The first-order chi connectivity index (χ1) is 9.83. The number of hydrogen-bond donors (Lipinski definition) is 0. The predicted molar refractivity (Wildman–Crippen MR) is 75.9 cm³/mol. The van der Waals surface area contributed by atoms with Gasteiger partial charge < -0.3 is 4.52 Å². The third-order valence-corrected chi connectivity index (χ3v) is 5.04. The van der Waals surface area contributed by atoms with Gasteiger partial charge in [-0.3, -0.25) is 24.0 Å². The lowest BCUT2D eigenvalue weighted by Gasteiger charge is -2.12. The highest BCUT2D eigenvalue weighted by Gasteiger charge is 2.41. The highest BCUT2D eigenvalue weighted by atomic mass is 31.2. The summed E-state index contributed by atoms with van der Waals surface area (Å²) in [4.78, 5) is 22.2. The van der Waals surface area contributed by atoms with E-state index in [4.69, 9.17) is 9.05 Å². The second-order valence-corrected chi connectivity index (χ2v) is 6.56. The Labute approximate surface area is 121 Å². The van der Waals surface area contributed by atoms with Gasteiger partial charge in [0.2, 0.25) is 0 Å². The third kappa shape index (κ3) is 3.26. The first-order valence-corrected chi connectivity index (χ1v) is 7.77. The number of para-hydroxylation sites is 1. The van der Waals surface area contributed by atoms with Gasteiger partial charge >= 0.3 is 7.60 Å². The van der Waals surface area contributed by atoms with E-state index < -0.39 is 24.4 Å². The summed E-state index contributed by atoms with van der Waals surface area (Å²) in [6.45, 7) is 3.00. The maximum Gasteiger partial charge on any atom is 0.365 e. The molecule has 0 aliphatic carbocycles. The van der Waals surface area contributed by atoms with Crippen molar-refractivity contribution in [2.24, 2.45) is 0 Å². The fourth-order valence-corrected chi connectivity index (χ4v) is 3.86. The van der Waals surface area contributed by atoms with Crippen LogP contribution in [0.2, 0.25) is 0 Å². The van der Waals surface area contributed by atoms with Gasteiger partial charge in [-0.1, -0.05) is 12.1 Å². The Morgan fingerprint density at radius 2 is 2.14 bits per heavy atom. The molecule has 2 rings (SSSR count). The zero-order chi connectivity index (χ0) is 15.6. The lowest BCUT2D eigenvalue weighted by atomic mass is 10.1. The van der Waals surface area contributed by atoms with E-state index in [0.717, 1.165) is 0 Å². The normalized spacial score (nSPS) is 25.8. The molecule has 21 heavy (non-hydrogen) atoms. The molecule has 2 atom stereocenters. The SMILES string of the molecule is CC(=O)C(=Cc1ccccc1[N+](=O)[O-])P1(=O)OCC(C)O1. The predicted octanol–water partition coefficient (Wildman–Crippen LogP) is 3.15. The Balaban J connectivity index is 2.52. The number of carbonyl (C=O) groups is 1. The molecule has 1 fully saturated rings. The van der Waals surface area contributed by atoms with E-state index in [9.17, 15) is 19.5 Å². The molecule has 8 heteroatoms. The smallest absolute Gasteiger partial charge is 0.302 e. The van der Waals surface area contributed by atoms with Gasteiger partial charge in [-0.2, -0.15) is 0 Å². The summed E-state index contributed by atoms with van der Waals surface area (Å²) in [7, 11) is -3.72. The van der Waals surface area contributed by atoms with Crippen LogP contribution in [-0.4, -0.2) is 23.4 Å². The number of ketones is 1. The number of nitrogens with zero attached hydrogens (tertiary/aromatic N) is 1. The van der Waals surface area contributed by atoms with Crippen molar-refractivity contribution >= 4 is 25.1 Å². The minimum absolute atomic E-state index is 0.110. The topological polar surface area (TPSA) is 95.7 Å². The molecule has 0 radical (unpaired) electrons. The molecule has 0 saturated carbocycles. The van der Waals surface area contributed by atoms with E-state index in [1.165, 1.54) is 31.2 Å². The van der Waals surface area contributed by atoms with E-state index >= 15 is 0 Å².